The highest BCUT2D eigenvalue weighted by Gasteiger charge is 2.31. The minimum Gasteiger partial charge on any atom is -0.494 e. The van der Waals surface area contributed by atoms with Crippen LogP contribution in [0.3, 0.4) is 0 Å². The molecule has 2 rings (SSSR count). The second-order valence-corrected chi connectivity index (χ2v) is 13.7. The van der Waals surface area contributed by atoms with Gasteiger partial charge in [0, 0.05) is 38.6 Å². The lowest BCUT2D eigenvalue weighted by molar-refractivity contribution is -0.128. The van der Waals surface area contributed by atoms with Gasteiger partial charge in [0.1, 0.15) is 5.75 Å². The molecule has 8 nitrogen and oxygen atoms in total. The monoisotopic (exact) mass is 628 g/mol. The first-order valence-corrected chi connectivity index (χ1v) is 16.5. The van der Waals surface area contributed by atoms with Crippen LogP contribution in [0.15, 0.2) is 48.5 Å². The maximum atomic E-state index is 13.3. The van der Waals surface area contributed by atoms with Crippen LogP contribution in [0.5, 0.6) is 17.2 Å². The number of carbonyl (C=O) groups is 1. The number of ether oxygens (including phenoxy) is 4. The van der Waals surface area contributed by atoms with E-state index in [1.165, 1.54) is 0 Å². The van der Waals surface area contributed by atoms with Crippen LogP contribution >= 0.6 is 0 Å². The summed E-state index contributed by atoms with van der Waals surface area (Å²) in [6.07, 6.45) is 2.58. The molecule has 0 unspecified atom stereocenters. The second-order valence-electron chi connectivity index (χ2n) is 13.7. The van der Waals surface area contributed by atoms with Crippen LogP contribution in [-0.4, -0.2) is 63.7 Å². The van der Waals surface area contributed by atoms with E-state index in [1.54, 1.807) is 14.2 Å². The number of aliphatic hydroxyl groups excluding tert-OH is 1. The number of hydrogen-bond donors (Lipinski definition) is 3. The third-order valence-corrected chi connectivity index (χ3v) is 8.66. The molecule has 254 valence electrons. The van der Waals surface area contributed by atoms with Gasteiger partial charge in [0.15, 0.2) is 11.5 Å². The summed E-state index contributed by atoms with van der Waals surface area (Å²) in [5.41, 5.74) is 7.62. The van der Waals surface area contributed by atoms with Crippen molar-refractivity contribution in [2.75, 3.05) is 40.6 Å². The molecule has 0 fully saturated rings. The molecule has 8 heteroatoms. The van der Waals surface area contributed by atoms with E-state index in [-0.39, 0.29) is 29.1 Å². The number of para-hydroxylation sites is 1. The summed E-state index contributed by atoms with van der Waals surface area (Å²) in [4.78, 5) is 13.3. The lowest BCUT2D eigenvalue weighted by Crippen LogP contribution is -2.44. The molecular formula is C37H60N2O6. The fourth-order valence-corrected chi connectivity index (χ4v) is 5.37. The van der Waals surface area contributed by atoms with E-state index in [0.29, 0.717) is 50.9 Å². The molecule has 0 saturated carbocycles. The third-order valence-electron chi connectivity index (χ3n) is 8.66. The Morgan fingerprint density at radius 3 is 2.24 bits per heavy atom. The summed E-state index contributed by atoms with van der Waals surface area (Å²) in [7, 11) is 3.32. The molecule has 0 spiro atoms. The van der Waals surface area contributed by atoms with Crippen LogP contribution in [0.2, 0.25) is 0 Å². The van der Waals surface area contributed by atoms with E-state index in [4.69, 9.17) is 24.7 Å². The molecule has 0 aliphatic heterocycles. The maximum absolute atomic E-state index is 13.3. The predicted octanol–water partition coefficient (Wildman–Crippen LogP) is 6.28. The van der Waals surface area contributed by atoms with Crippen molar-refractivity contribution in [3.8, 4) is 17.2 Å². The van der Waals surface area contributed by atoms with Gasteiger partial charge < -0.3 is 35.1 Å². The predicted molar refractivity (Wildman–Crippen MR) is 182 cm³/mol. The Bertz CT molecular complexity index is 1110. The smallest absolute Gasteiger partial charge is 0.223 e. The van der Waals surface area contributed by atoms with Crippen molar-refractivity contribution in [2.45, 2.75) is 85.8 Å². The average Bonchev–Trinajstić information content (AvgIpc) is 3.00. The number of benzene rings is 2. The Balaban J connectivity index is 1.94. The van der Waals surface area contributed by atoms with Crippen molar-refractivity contribution < 1.29 is 28.8 Å². The van der Waals surface area contributed by atoms with E-state index in [1.807, 2.05) is 56.3 Å². The Kier molecular flexibility index (Phi) is 16.8. The van der Waals surface area contributed by atoms with Gasteiger partial charge in [-0.15, -0.1) is 0 Å². The summed E-state index contributed by atoms with van der Waals surface area (Å²) in [5, 5.41) is 14.4. The first-order valence-electron chi connectivity index (χ1n) is 16.5. The molecule has 4 atom stereocenters. The molecule has 0 radical (unpaired) electrons. The third kappa shape index (κ3) is 14.0. The number of amides is 1. The van der Waals surface area contributed by atoms with Gasteiger partial charge in [-0.05, 0) is 78.7 Å². The minimum absolute atomic E-state index is 0.0371. The summed E-state index contributed by atoms with van der Waals surface area (Å²) >= 11 is 0. The van der Waals surface area contributed by atoms with Gasteiger partial charge in [0.05, 0.1) is 26.4 Å². The molecule has 0 bridgehead atoms. The molecule has 0 aliphatic rings. The van der Waals surface area contributed by atoms with Crippen LogP contribution in [0.4, 0.5) is 0 Å². The lowest BCUT2D eigenvalue weighted by atomic mass is 9.80. The summed E-state index contributed by atoms with van der Waals surface area (Å²) in [5.74, 6) is 2.56. The average molecular weight is 629 g/mol. The van der Waals surface area contributed by atoms with Gasteiger partial charge in [0.2, 0.25) is 5.91 Å². The first-order chi connectivity index (χ1) is 21.4. The topological polar surface area (TPSA) is 112 Å². The van der Waals surface area contributed by atoms with Gasteiger partial charge >= 0.3 is 0 Å². The zero-order valence-corrected chi connectivity index (χ0v) is 29.0. The van der Waals surface area contributed by atoms with E-state index >= 15 is 0 Å². The van der Waals surface area contributed by atoms with E-state index in [0.717, 1.165) is 36.3 Å². The van der Waals surface area contributed by atoms with Gasteiger partial charge in [0.25, 0.3) is 0 Å². The number of nitrogens with one attached hydrogen (secondary N) is 1. The minimum atomic E-state index is -0.785. The van der Waals surface area contributed by atoms with Crippen LogP contribution in [0, 0.1) is 29.1 Å². The highest BCUT2D eigenvalue weighted by Crippen LogP contribution is 2.32. The SMILES string of the molecule is COCCCOc1cc(C[C@@H](C[C@H](N)[C@@H](O)C[C@H](C(=O)NCC(C)(C)CCOc2ccccc2)C(C)C)C(C)C)ccc1OC. The van der Waals surface area contributed by atoms with Crippen molar-refractivity contribution in [2.24, 2.45) is 34.8 Å². The van der Waals surface area contributed by atoms with Crippen molar-refractivity contribution in [3.05, 3.63) is 54.1 Å². The number of rotatable bonds is 22. The van der Waals surface area contributed by atoms with Crippen molar-refractivity contribution >= 4 is 5.91 Å². The molecule has 1 amide bonds. The summed E-state index contributed by atoms with van der Waals surface area (Å²) in [6.45, 7) is 15.0. The maximum Gasteiger partial charge on any atom is 0.223 e. The van der Waals surface area contributed by atoms with Crippen LogP contribution in [0.25, 0.3) is 0 Å². The Labute approximate surface area is 272 Å². The zero-order chi connectivity index (χ0) is 33.4. The number of methoxy groups -OCH3 is 2. The fraction of sp³-hybridized carbons (Fsp3) is 0.649. The Morgan fingerprint density at radius 1 is 0.911 bits per heavy atom. The summed E-state index contributed by atoms with van der Waals surface area (Å²) in [6, 6.07) is 15.4. The standard InChI is InChI=1S/C37H60N2O6/c1-26(2)29(21-28-15-16-34(43-8)35(22-28)45-19-12-18-42-7)23-32(38)33(40)24-31(27(3)4)36(41)39-25-37(5,6)17-20-44-30-13-10-9-11-14-30/h9-11,13-16,22,26-27,29,31-33,40H,12,17-21,23-25,38H2,1-8H3,(H,39,41)/t29-,31-,32-,33-/m0/s1. The zero-order valence-electron chi connectivity index (χ0n) is 29.0. The van der Waals surface area contributed by atoms with Crippen molar-refractivity contribution in [1.82, 2.24) is 5.32 Å². The van der Waals surface area contributed by atoms with Gasteiger partial charge in [-0.1, -0.05) is 65.8 Å². The van der Waals surface area contributed by atoms with Crippen LogP contribution in [-0.2, 0) is 16.0 Å². The highest BCUT2D eigenvalue weighted by molar-refractivity contribution is 5.79. The first kappa shape index (κ1) is 38.4. The summed E-state index contributed by atoms with van der Waals surface area (Å²) < 4.78 is 22.5. The molecule has 2 aromatic carbocycles. The fourth-order valence-electron chi connectivity index (χ4n) is 5.37. The highest BCUT2D eigenvalue weighted by atomic mass is 16.5. The molecule has 2 aromatic rings. The van der Waals surface area contributed by atoms with Crippen LogP contribution < -0.4 is 25.3 Å². The number of nitrogens with two attached hydrogens (primary N) is 1. The number of aliphatic hydroxyl groups is 1. The number of hydrogen-bond acceptors (Lipinski definition) is 7. The molecule has 0 saturated heterocycles. The Hall–Kier alpha value is -2.81. The number of carbonyl (C=O) groups excluding carboxylic acids is 1. The van der Waals surface area contributed by atoms with Crippen molar-refractivity contribution in [3.63, 3.8) is 0 Å². The molecule has 0 aromatic heterocycles. The lowest BCUT2D eigenvalue weighted by Gasteiger charge is -2.31. The van der Waals surface area contributed by atoms with E-state index in [9.17, 15) is 9.90 Å². The van der Waals surface area contributed by atoms with Gasteiger partial charge in [-0.25, -0.2) is 0 Å². The molecular weight excluding hydrogens is 568 g/mol. The van der Waals surface area contributed by atoms with Gasteiger partial charge in [-0.2, -0.15) is 0 Å². The van der Waals surface area contributed by atoms with E-state index in [2.05, 4.69) is 39.1 Å². The van der Waals surface area contributed by atoms with Crippen LogP contribution in [0.1, 0.15) is 72.8 Å². The normalized spacial score (nSPS) is 14.6. The molecule has 45 heavy (non-hydrogen) atoms. The Morgan fingerprint density at radius 2 is 1.62 bits per heavy atom. The van der Waals surface area contributed by atoms with E-state index < -0.39 is 12.1 Å². The second kappa shape index (κ2) is 19.6. The van der Waals surface area contributed by atoms with Crippen molar-refractivity contribution in [1.29, 1.82) is 0 Å². The molecule has 0 heterocycles. The largest absolute Gasteiger partial charge is 0.494 e. The molecule has 4 N–H and O–H groups in total. The quantitative estimate of drug-likeness (QED) is 0.132. The molecule has 0 aliphatic carbocycles. The van der Waals surface area contributed by atoms with Gasteiger partial charge in [-0.3, -0.25) is 4.79 Å².